The number of carbonyl (C=O) groups is 1. The van der Waals surface area contributed by atoms with Crippen molar-refractivity contribution in [2.24, 2.45) is 0 Å². The molecule has 3 aromatic heterocycles. The molecule has 0 radical (unpaired) electrons. The van der Waals surface area contributed by atoms with E-state index in [1.807, 2.05) is 21.3 Å². The van der Waals surface area contributed by atoms with Gasteiger partial charge in [-0.25, -0.2) is 19.9 Å². The summed E-state index contributed by atoms with van der Waals surface area (Å²) >= 11 is 0. The summed E-state index contributed by atoms with van der Waals surface area (Å²) in [5.74, 6) is 0.151. The van der Waals surface area contributed by atoms with Crippen LogP contribution in [0.3, 0.4) is 0 Å². The number of nitrogen functional groups attached to an aromatic ring is 1. The minimum absolute atomic E-state index is 0.153. The van der Waals surface area contributed by atoms with Crippen LogP contribution in [0.4, 0.5) is 5.82 Å². The highest BCUT2D eigenvalue weighted by molar-refractivity contribution is 5.97. The first-order valence-corrected chi connectivity index (χ1v) is 11.3. The highest BCUT2D eigenvalue weighted by Crippen LogP contribution is 2.34. The third kappa shape index (κ3) is 3.76. The van der Waals surface area contributed by atoms with Gasteiger partial charge < -0.3 is 29.6 Å². The predicted octanol–water partition coefficient (Wildman–Crippen LogP) is 1.63. The van der Waals surface area contributed by atoms with Crippen molar-refractivity contribution in [3.05, 3.63) is 42.7 Å². The zero-order chi connectivity index (χ0) is 23.8. The molecule has 3 atom stereocenters. The van der Waals surface area contributed by atoms with E-state index >= 15 is 0 Å². The van der Waals surface area contributed by atoms with E-state index in [1.165, 1.54) is 6.33 Å². The summed E-state index contributed by atoms with van der Waals surface area (Å²) in [5.41, 5.74) is 9.25. The number of fused-ring (bicyclic) bond motifs is 2. The average molecular weight is 465 g/mol. The van der Waals surface area contributed by atoms with Crippen LogP contribution in [0.25, 0.3) is 22.2 Å². The van der Waals surface area contributed by atoms with Gasteiger partial charge in [0.25, 0.3) is 5.91 Å². The highest BCUT2D eigenvalue weighted by Gasteiger charge is 2.38. The number of aliphatic hydroxyl groups excluding tert-OH is 1. The Morgan fingerprint density at radius 3 is 2.91 bits per heavy atom. The van der Waals surface area contributed by atoms with Gasteiger partial charge in [-0.1, -0.05) is 0 Å². The summed E-state index contributed by atoms with van der Waals surface area (Å²) < 4.78 is 8.99. The fraction of sp³-hybridized carbons (Fsp3) is 0.435. The van der Waals surface area contributed by atoms with Crippen molar-refractivity contribution in [3.63, 3.8) is 0 Å². The van der Waals surface area contributed by atoms with E-state index in [2.05, 4.69) is 19.9 Å². The first-order valence-electron chi connectivity index (χ1n) is 11.3. The number of nitrogens with two attached hydrogens (primary N) is 1. The van der Waals surface area contributed by atoms with E-state index < -0.39 is 6.10 Å². The van der Waals surface area contributed by atoms with E-state index in [0.717, 1.165) is 23.9 Å². The lowest BCUT2D eigenvalue weighted by Gasteiger charge is -2.40. The second-order valence-corrected chi connectivity index (χ2v) is 8.69. The number of aliphatic hydroxyl groups is 1. The van der Waals surface area contributed by atoms with Crippen LogP contribution in [0, 0.1) is 0 Å². The number of imidazole rings is 2. The van der Waals surface area contributed by atoms with Gasteiger partial charge in [0, 0.05) is 26.3 Å². The molecule has 0 saturated heterocycles. The molecule has 1 fully saturated rings. The van der Waals surface area contributed by atoms with Crippen molar-refractivity contribution >= 4 is 33.9 Å². The van der Waals surface area contributed by atoms with Gasteiger partial charge in [-0.05, 0) is 37.5 Å². The number of rotatable bonds is 6. The lowest BCUT2D eigenvalue weighted by Crippen LogP contribution is -2.50. The maximum Gasteiger partial charge on any atom is 0.254 e. The lowest BCUT2D eigenvalue weighted by atomic mass is 9.86. The van der Waals surface area contributed by atoms with E-state index in [0.29, 0.717) is 42.1 Å². The molecule has 5 rings (SSSR count). The van der Waals surface area contributed by atoms with Crippen molar-refractivity contribution in [2.45, 2.75) is 44.0 Å². The van der Waals surface area contributed by atoms with Crippen molar-refractivity contribution in [1.29, 1.82) is 0 Å². The molecular formula is C23H28N8O3. The molecule has 0 bridgehead atoms. The molecule has 1 aliphatic rings. The Bertz CT molecular complexity index is 1330. The first-order chi connectivity index (χ1) is 16.5. The fourth-order valence-electron chi connectivity index (χ4n) is 4.89. The van der Waals surface area contributed by atoms with Crippen molar-refractivity contribution in [1.82, 2.24) is 34.0 Å². The Balaban J connectivity index is 1.37. The quantitative estimate of drug-likeness (QED) is 0.439. The number of amides is 1. The molecule has 178 valence electrons. The SMILES string of the molecule is COCCn1cnc2cc(C(=O)N(C)[C@H]3CCC[C@H](n4cnc5c(N)ncnc54)[C@H]3O)ccc21. The Labute approximate surface area is 196 Å². The number of anilines is 1. The van der Waals surface area contributed by atoms with Crippen LogP contribution < -0.4 is 5.73 Å². The molecule has 3 heterocycles. The second kappa shape index (κ2) is 8.99. The van der Waals surface area contributed by atoms with Crippen LogP contribution in [-0.2, 0) is 11.3 Å². The molecule has 1 amide bonds. The summed E-state index contributed by atoms with van der Waals surface area (Å²) in [6.07, 6.45) is 6.31. The monoisotopic (exact) mass is 464 g/mol. The molecule has 0 unspecified atom stereocenters. The minimum Gasteiger partial charge on any atom is -0.389 e. The molecule has 1 saturated carbocycles. The Kier molecular flexibility index (Phi) is 5.88. The zero-order valence-electron chi connectivity index (χ0n) is 19.2. The van der Waals surface area contributed by atoms with Crippen molar-refractivity contribution in [2.75, 3.05) is 26.5 Å². The molecule has 11 heteroatoms. The number of aromatic nitrogens is 6. The van der Waals surface area contributed by atoms with E-state index in [1.54, 1.807) is 37.8 Å². The van der Waals surface area contributed by atoms with E-state index in [9.17, 15) is 9.90 Å². The third-order valence-corrected chi connectivity index (χ3v) is 6.75. The van der Waals surface area contributed by atoms with Crippen LogP contribution in [0.1, 0.15) is 35.7 Å². The standard InChI is InChI=1S/C23H28N8O3/c1-29(23(33)14-6-7-16-15(10-14)27-12-30(16)8-9-34-2)17-4-3-5-18(20(17)32)31-13-28-19-21(24)25-11-26-22(19)31/h6-7,10-13,17-18,20,32H,3-5,8-9H2,1-2H3,(H2,24,25,26)/t17-,18-,20-/m0/s1. The van der Waals surface area contributed by atoms with Crippen molar-refractivity contribution < 1.29 is 14.6 Å². The van der Waals surface area contributed by atoms with Gasteiger partial charge in [0.05, 0.1) is 48.5 Å². The predicted molar refractivity (Wildman–Crippen MR) is 126 cm³/mol. The third-order valence-electron chi connectivity index (χ3n) is 6.75. The summed E-state index contributed by atoms with van der Waals surface area (Å²) in [6.45, 7) is 1.27. The Morgan fingerprint density at radius 2 is 2.09 bits per heavy atom. The van der Waals surface area contributed by atoms with E-state index in [-0.39, 0.29) is 18.0 Å². The topological polar surface area (TPSA) is 137 Å². The van der Waals surface area contributed by atoms with Crippen molar-refractivity contribution in [3.8, 4) is 0 Å². The fourth-order valence-corrected chi connectivity index (χ4v) is 4.89. The Hall–Kier alpha value is -3.57. The average Bonchev–Trinajstić information content (AvgIpc) is 3.46. The van der Waals surface area contributed by atoms with Gasteiger partial charge in [0.2, 0.25) is 0 Å². The number of methoxy groups -OCH3 is 1. The molecule has 0 aliphatic heterocycles. The number of hydrogen-bond acceptors (Lipinski definition) is 8. The van der Waals surface area contributed by atoms with Gasteiger partial charge in [-0.15, -0.1) is 0 Å². The number of hydrogen-bond donors (Lipinski definition) is 2. The van der Waals surface area contributed by atoms with Crippen LogP contribution in [-0.4, -0.2) is 77.9 Å². The van der Waals surface area contributed by atoms with Crippen LogP contribution in [0.5, 0.6) is 0 Å². The van der Waals surface area contributed by atoms with Crippen LogP contribution in [0.2, 0.25) is 0 Å². The smallest absolute Gasteiger partial charge is 0.254 e. The van der Waals surface area contributed by atoms with Gasteiger partial charge in [-0.2, -0.15) is 0 Å². The molecule has 4 aromatic rings. The second-order valence-electron chi connectivity index (χ2n) is 8.69. The molecule has 1 aromatic carbocycles. The van der Waals surface area contributed by atoms with Gasteiger partial charge >= 0.3 is 0 Å². The Morgan fingerprint density at radius 1 is 1.24 bits per heavy atom. The number of likely N-dealkylation sites (N-methyl/N-ethyl adjacent to an activating group) is 1. The highest BCUT2D eigenvalue weighted by atomic mass is 16.5. The molecule has 3 N–H and O–H groups in total. The molecule has 0 spiro atoms. The molecular weight excluding hydrogens is 436 g/mol. The lowest BCUT2D eigenvalue weighted by molar-refractivity contribution is 0.0000914. The molecule has 34 heavy (non-hydrogen) atoms. The normalized spacial score (nSPS) is 20.7. The van der Waals surface area contributed by atoms with Crippen LogP contribution >= 0.6 is 0 Å². The maximum absolute atomic E-state index is 13.4. The summed E-state index contributed by atoms with van der Waals surface area (Å²) in [4.78, 5) is 32.1. The zero-order valence-corrected chi connectivity index (χ0v) is 19.2. The number of nitrogens with zero attached hydrogens (tertiary/aromatic N) is 7. The maximum atomic E-state index is 13.4. The van der Waals surface area contributed by atoms with Crippen LogP contribution in [0.15, 0.2) is 37.2 Å². The van der Waals surface area contributed by atoms with Gasteiger partial charge in [0.15, 0.2) is 11.5 Å². The molecule has 1 aliphatic carbocycles. The number of carbonyl (C=O) groups excluding carboxylic acids is 1. The molecule has 11 nitrogen and oxygen atoms in total. The number of benzene rings is 1. The summed E-state index contributed by atoms with van der Waals surface area (Å²) in [7, 11) is 3.40. The van der Waals surface area contributed by atoms with Gasteiger partial charge in [0.1, 0.15) is 11.8 Å². The first kappa shape index (κ1) is 22.2. The van der Waals surface area contributed by atoms with E-state index in [4.69, 9.17) is 10.5 Å². The van der Waals surface area contributed by atoms with Gasteiger partial charge in [-0.3, -0.25) is 4.79 Å². The minimum atomic E-state index is -0.784. The number of ether oxygens (including phenoxy) is 1. The largest absolute Gasteiger partial charge is 0.389 e. The summed E-state index contributed by atoms with van der Waals surface area (Å²) in [6, 6.07) is 4.89. The summed E-state index contributed by atoms with van der Waals surface area (Å²) in [5, 5.41) is 11.3.